The fourth-order valence-electron chi connectivity index (χ4n) is 1.53. The largest absolute Gasteiger partial charge is 0.481 e. The molecule has 1 unspecified atom stereocenters. The van der Waals surface area contributed by atoms with Crippen LogP contribution in [0.25, 0.3) is 0 Å². The van der Waals surface area contributed by atoms with Crippen molar-refractivity contribution >= 4 is 5.97 Å². The molecule has 0 fully saturated rings. The van der Waals surface area contributed by atoms with Gasteiger partial charge >= 0.3 is 5.97 Å². The van der Waals surface area contributed by atoms with Gasteiger partial charge < -0.3 is 5.11 Å². The van der Waals surface area contributed by atoms with Gasteiger partial charge in [-0.1, -0.05) is 30.3 Å². The first kappa shape index (κ1) is 11.3. The van der Waals surface area contributed by atoms with Gasteiger partial charge in [-0.15, -0.1) is 12.3 Å². The molecule has 0 spiro atoms. The molecule has 0 saturated heterocycles. The maximum atomic E-state index is 11.0. The summed E-state index contributed by atoms with van der Waals surface area (Å²) in [6, 6.07) is 9.27. The van der Waals surface area contributed by atoms with Crippen LogP contribution in [0.15, 0.2) is 30.3 Å². The summed E-state index contributed by atoms with van der Waals surface area (Å²) in [6.07, 6.45) is 7.12. The highest BCUT2D eigenvalue weighted by atomic mass is 16.4. The van der Waals surface area contributed by atoms with E-state index in [0.29, 0.717) is 12.8 Å². The molecule has 0 aliphatic rings. The molecular weight excluding hydrogens is 188 g/mol. The van der Waals surface area contributed by atoms with Crippen LogP contribution < -0.4 is 0 Å². The second-order valence-electron chi connectivity index (χ2n) is 3.40. The number of unbranched alkanes of at least 4 members (excludes halogenated alkanes) is 1. The van der Waals surface area contributed by atoms with Crippen LogP contribution in [-0.4, -0.2) is 11.1 Å². The maximum absolute atomic E-state index is 11.0. The lowest BCUT2D eigenvalue weighted by atomic mass is 9.94. The smallest absolute Gasteiger partial charge is 0.310 e. The fourth-order valence-corrected chi connectivity index (χ4v) is 1.53. The highest BCUT2D eigenvalue weighted by molar-refractivity contribution is 5.75. The highest BCUT2D eigenvalue weighted by Gasteiger charge is 2.18. The van der Waals surface area contributed by atoms with E-state index in [1.807, 2.05) is 30.3 Å². The van der Waals surface area contributed by atoms with Crippen LogP contribution in [0, 0.1) is 12.3 Å². The van der Waals surface area contributed by atoms with Crippen LogP contribution in [0.4, 0.5) is 0 Å². The van der Waals surface area contributed by atoms with E-state index < -0.39 is 11.9 Å². The van der Waals surface area contributed by atoms with Crippen molar-refractivity contribution in [2.45, 2.75) is 25.2 Å². The Morgan fingerprint density at radius 2 is 2.07 bits per heavy atom. The quantitative estimate of drug-likeness (QED) is 0.588. The van der Waals surface area contributed by atoms with Gasteiger partial charge in [0, 0.05) is 6.42 Å². The normalized spacial score (nSPS) is 11.7. The topological polar surface area (TPSA) is 37.3 Å². The molecule has 1 aromatic rings. The minimum Gasteiger partial charge on any atom is -0.481 e. The minimum atomic E-state index is -0.779. The van der Waals surface area contributed by atoms with Crippen LogP contribution in [0.1, 0.15) is 30.7 Å². The molecule has 1 N–H and O–H groups in total. The van der Waals surface area contributed by atoms with Gasteiger partial charge in [-0.25, -0.2) is 0 Å². The van der Waals surface area contributed by atoms with Gasteiger partial charge in [0.1, 0.15) is 0 Å². The van der Waals surface area contributed by atoms with E-state index in [-0.39, 0.29) is 0 Å². The fraction of sp³-hybridized carbons (Fsp3) is 0.308. The van der Waals surface area contributed by atoms with Gasteiger partial charge in [-0.05, 0) is 18.4 Å². The van der Waals surface area contributed by atoms with Crippen molar-refractivity contribution < 1.29 is 9.90 Å². The summed E-state index contributed by atoms with van der Waals surface area (Å²) in [5.74, 6) is 1.31. The average Bonchev–Trinajstić information content (AvgIpc) is 2.25. The Labute approximate surface area is 89.9 Å². The maximum Gasteiger partial charge on any atom is 0.310 e. The monoisotopic (exact) mass is 202 g/mol. The molecule has 0 amide bonds. The molecule has 0 saturated carbocycles. The number of hydrogen-bond acceptors (Lipinski definition) is 1. The standard InChI is InChI=1S/C13H14O2/c1-2-3-5-10-12(13(14)15)11-8-6-4-7-9-11/h1,4,6-9,12H,3,5,10H2,(H,14,15). The molecule has 0 aromatic heterocycles. The average molecular weight is 202 g/mol. The van der Waals surface area contributed by atoms with E-state index in [9.17, 15) is 4.79 Å². The SMILES string of the molecule is C#CCCCC(C(=O)O)c1ccccc1. The molecule has 15 heavy (non-hydrogen) atoms. The lowest BCUT2D eigenvalue weighted by Crippen LogP contribution is -2.11. The van der Waals surface area contributed by atoms with Crippen LogP contribution >= 0.6 is 0 Å². The minimum absolute atomic E-state index is 0.431. The van der Waals surface area contributed by atoms with E-state index in [0.717, 1.165) is 12.0 Å². The molecule has 0 bridgehead atoms. The zero-order valence-electron chi connectivity index (χ0n) is 8.52. The van der Waals surface area contributed by atoms with Gasteiger partial charge in [-0.2, -0.15) is 0 Å². The summed E-state index contributed by atoms with van der Waals surface area (Å²) < 4.78 is 0. The molecular formula is C13H14O2. The van der Waals surface area contributed by atoms with Crippen molar-refractivity contribution in [3.63, 3.8) is 0 Å². The van der Waals surface area contributed by atoms with Crippen molar-refractivity contribution in [2.75, 3.05) is 0 Å². The summed E-state index contributed by atoms with van der Waals surface area (Å²) in [6.45, 7) is 0. The molecule has 0 aliphatic carbocycles. The molecule has 78 valence electrons. The second-order valence-corrected chi connectivity index (χ2v) is 3.40. The van der Waals surface area contributed by atoms with Gasteiger partial charge in [0.2, 0.25) is 0 Å². The van der Waals surface area contributed by atoms with Crippen molar-refractivity contribution in [1.29, 1.82) is 0 Å². The van der Waals surface area contributed by atoms with E-state index in [2.05, 4.69) is 5.92 Å². The summed E-state index contributed by atoms with van der Waals surface area (Å²) in [5, 5.41) is 9.07. The lowest BCUT2D eigenvalue weighted by molar-refractivity contribution is -0.139. The number of benzene rings is 1. The number of carboxylic acid groups (broad SMARTS) is 1. The van der Waals surface area contributed by atoms with E-state index in [1.54, 1.807) is 0 Å². The van der Waals surface area contributed by atoms with Crippen molar-refractivity contribution in [3.05, 3.63) is 35.9 Å². The number of terminal acetylenes is 1. The molecule has 2 nitrogen and oxygen atoms in total. The third kappa shape index (κ3) is 3.47. The second kappa shape index (κ2) is 5.87. The first-order chi connectivity index (χ1) is 7.25. The predicted molar refractivity (Wildman–Crippen MR) is 59.5 cm³/mol. The zero-order valence-corrected chi connectivity index (χ0v) is 8.52. The Morgan fingerprint density at radius 3 is 2.60 bits per heavy atom. The number of carbonyl (C=O) groups is 1. The first-order valence-electron chi connectivity index (χ1n) is 4.97. The van der Waals surface area contributed by atoms with E-state index in [4.69, 9.17) is 11.5 Å². The third-order valence-corrected chi connectivity index (χ3v) is 2.31. The van der Waals surface area contributed by atoms with Gasteiger partial charge in [-0.3, -0.25) is 4.79 Å². The summed E-state index contributed by atoms with van der Waals surface area (Å²) in [5.41, 5.74) is 0.849. The Kier molecular flexibility index (Phi) is 4.43. The summed E-state index contributed by atoms with van der Waals surface area (Å²) in [7, 11) is 0. The predicted octanol–water partition coefficient (Wildman–Crippen LogP) is 2.66. The van der Waals surface area contributed by atoms with Crippen LogP contribution in [-0.2, 0) is 4.79 Å². The van der Waals surface area contributed by atoms with Crippen molar-refractivity contribution in [1.82, 2.24) is 0 Å². The third-order valence-electron chi connectivity index (χ3n) is 2.31. The van der Waals surface area contributed by atoms with Gasteiger partial charge in [0.05, 0.1) is 5.92 Å². The number of rotatable bonds is 5. The number of carboxylic acids is 1. The van der Waals surface area contributed by atoms with Crippen molar-refractivity contribution in [2.24, 2.45) is 0 Å². The van der Waals surface area contributed by atoms with Crippen LogP contribution in [0.5, 0.6) is 0 Å². The molecule has 2 heteroatoms. The van der Waals surface area contributed by atoms with Gasteiger partial charge in [0.25, 0.3) is 0 Å². The van der Waals surface area contributed by atoms with Crippen LogP contribution in [0.3, 0.4) is 0 Å². The zero-order chi connectivity index (χ0) is 11.1. The first-order valence-corrected chi connectivity index (χ1v) is 4.97. The Bertz CT molecular complexity index is 349. The Balaban J connectivity index is 2.67. The molecule has 0 heterocycles. The highest BCUT2D eigenvalue weighted by Crippen LogP contribution is 2.21. The van der Waals surface area contributed by atoms with E-state index in [1.165, 1.54) is 0 Å². The molecule has 0 radical (unpaired) electrons. The molecule has 0 aliphatic heterocycles. The molecule has 1 aromatic carbocycles. The van der Waals surface area contributed by atoms with Crippen LogP contribution in [0.2, 0.25) is 0 Å². The van der Waals surface area contributed by atoms with Gasteiger partial charge in [0.15, 0.2) is 0 Å². The Morgan fingerprint density at radius 1 is 1.40 bits per heavy atom. The van der Waals surface area contributed by atoms with Crippen molar-refractivity contribution in [3.8, 4) is 12.3 Å². The number of aliphatic carboxylic acids is 1. The molecule has 1 atom stereocenters. The Hall–Kier alpha value is -1.75. The summed E-state index contributed by atoms with van der Waals surface area (Å²) in [4.78, 5) is 11.0. The summed E-state index contributed by atoms with van der Waals surface area (Å²) >= 11 is 0. The number of hydrogen-bond donors (Lipinski definition) is 1. The lowest BCUT2D eigenvalue weighted by Gasteiger charge is -2.11. The molecule has 1 rings (SSSR count). The van der Waals surface area contributed by atoms with E-state index >= 15 is 0 Å².